The first-order valence-corrected chi connectivity index (χ1v) is 10.8. The highest BCUT2D eigenvalue weighted by molar-refractivity contribution is 7.98. The Hall–Kier alpha value is -2.05. The van der Waals surface area contributed by atoms with Crippen molar-refractivity contribution in [2.24, 2.45) is 0 Å². The molecule has 0 fully saturated rings. The van der Waals surface area contributed by atoms with Crippen molar-refractivity contribution in [1.82, 2.24) is 19.7 Å². The Bertz CT molecular complexity index is 1160. The third-order valence-electron chi connectivity index (χ3n) is 4.34. The molecular formula is C21H15Cl3N4S. The van der Waals surface area contributed by atoms with Crippen molar-refractivity contribution in [3.63, 3.8) is 0 Å². The monoisotopic (exact) mass is 460 g/mol. The maximum absolute atomic E-state index is 6.33. The van der Waals surface area contributed by atoms with Crippen LogP contribution in [0.15, 0.2) is 66.1 Å². The number of nitrogens with zero attached hydrogens (tertiary/aromatic N) is 4. The van der Waals surface area contributed by atoms with E-state index in [1.54, 1.807) is 30.2 Å². The average Bonchev–Trinajstić information content (AvgIpc) is 3.13. The average molecular weight is 462 g/mol. The van der Waals surface area contributed by atoms with Crippen molar-refractivity contribution < 1.29 is 0 Å². The van der Waals surface area contributed by atoms with Crippen molar-refractivity contribution in [2.75, 3.05) is 0 Å². The van der Waals surface area contributed by atoms with Gasteiger partial charge in [-0.2, -0.15) is 0 Å². The predicted octanol–water partition coefficient (Wildman–Crippen LogP) is 6.89. The van der Waals surface area contributed by atoms with Crippen LogP contribution in [0.3, 0.4) is 0 Å². The van der Waals surface area contributed by atoms with Gasteiger partial charge in [0.25, 0.3) is 0 Å². The molecule has 0 aliphatic heterocycles. The van der Waals surface area contributed by atoms with Gasteiger partial charge in [0.05, 0.1) is 5.69 Å². The fourth-order valence-electron chi connectivity index (χ4n) is 2.87. The maximum atomic E-state index is 6.33. The molecule has 2 heterocycles. The molecule has 0 radical (unpaired) electrons. The van der Waals surface area contributed by atoms with Gasteiger partial charge in [-0.3, -0.25) is 9.55 Å². The smallest absolute Gasteiger partial charge is 0.196 e. The van der Waals surface area contributed by atoms with Crippen LogP contribution in [0.1, 0.15) is 11.1 Å². The Balaban J connectivity index is 1.78. The van der Waals surface area contributed by atoms with Crippen LogP contribution in [0.25, 0.3) is 17.1 Å². The van der Waals surface area contributed by atoms with Crippen LogP contribution in [-0.2, 0) is 5.75 Å². The zero-order valence-electron chi connectivity index (χ0n) is 15.3. The third-order valence-corrected chi connectivity index (χ3v) is 6.14. The van der Waals surface area contributed by atoms with Crippen LogP contribution in [0.5, 0.6) is 0 Å². The quantitative estimate of drug-likeness (QED) is 0.303. The van der Waals surface area contributed by atoms with Crippen molar-refractivity contribution in [2.45, 2.75) is 17.8 Å². The lowest BCUT2D eigenvalue weighted by Gasteiger charge is -2.13. The van der Waals surface area contributed by atoms with Gasteiger partial charge in [-0.25, -0.2) is 0 Å². The van der Waals surface area contributed by atoms with E-state index >= 15 is 0 Å². The molecule has 0 aliphatic carbocycles. The molecule has 4 aromatic rings. The molecule has 0 unspecified atom stereocenters. The summed E-state index contributed by atoms with van der Waals surface area (Å²) in [5.74, 6) is 1.33. The van der Waals surface area contributed by atoms with E-state index in [1.165, 1.54) is 0 Å². The summed E-state index contributed by atoms with van der Waals surface area (Å²) in [6.07, 6.45) is 3.50. The summed E-state index contributed by atoms with van der Waals surface area (Å²) in [6, 6.07) is 15.1. The van der Waals surface area contributed by atoms with Crippen LogP contribution in [-0.4, -0.2) is 19.7 Å². The second-order valence-corrected chi connectivity index (χ2v) is 8.56. The third kappa shape index (κ3) is 4.43. The number of aryl methyl sites for hydroxylation is 1. The largest absolute Gasteiger partial charge is 0.270 e. The molecule has 0 aliphatic rings. The number of hydrogen-bond acceptors (Lipinski definition) is 4. The second kappa shape index (κ2) is 8.76. The van der Waals surface area contributed by atoms with E-state index in [0.717, 1.165) is 27.5 Å². The highest BCUT2D eigenvalue weighted by atomic mass is 35.5. The zero-order chi connectivity index (χ0) is 20.4. The minimum absolute atomic E-state index is 0.611. The number of pyridine rings is 1. The Labute approximate surface area is 187 Å². The summed E-state index contributed by atoms with van der Waals surface area (Å²) < 4.78 is 2.01. The van der Waals surface area contributed by atoms with E-state index < -0.39 is 0 Å². The first kappa shape index (κ1) is 20.2. The van der Waals surface area contributed by atoms with Crippen LogP contribution >= 0.6 is 46.6 Å². The molecule has 2 aromatic heterocycles. The molecule has 4 nitrogen and oxygen atoms in total. The van der Waals surface area contributed by atoms with Gasteiger partial charge < -0.3 is 0 Å². The summed E-state index contributed by atoms with van der Waals surface area (Å²) in [5, 5.41) is 11.5. The normalized spacial score (nSPS) is 11.0. The van der Waals surface area contributed by atoms with Crippen molar-refractivity contribution in [1.29, 1.82) is 0 Å². The standard InChI is InChI=1S/C21H15Cl3N4S/c1-13-4-6-17(23)10-19(13)28-20(14-3-2-8-25-11-14)26-27-21(28)29-12-15-5-7-16(22)9-18(15)24/h2-11H,12H2,1H3. The lowest BCUT2D eigenvalue weighted by molar-refractivity contribution is 0.880. The van der Waals surface area contributed by atoms with E-state index in [1.807, 2.05) is 54.0 Å². The summed E-state index contributed by atoms with van der Waals surface area (Å²) in [6.45, 7) is 2.03. The van der Waals surface area contributed by atoms with E-state index in [2.05, 4.69) is 15.2 Å². The zero-order valence-corrected chi connectivity index (χ0v) is 18.4. The van der Waals surface area contributed by atoms with E-state index in [4.69, 9.17) is 34.8 Å². The van der Waals surface area contributed by atoms with Gasteiger partial charge in [0.1, 0.15) is 0 Å². The van der Waals surface area contributed by atoms with Gasteiger partial charge in [0.2, 0.25) is 0 Å². The molecule has 0 atom stereocenters. The van der Waals surface area contributed by atoms with Gasteiger partial charge in [-0.15, -0.1) is 10.2 Å². The minimum Gasteiger partial charge on any atom is -0.270 e. The van der Waals surface area contributed by atoms with Crippen LogP contribution in [0, 0.1) is 6.92 Å². The fourth-order valence-corrected chi connectivity index (χ4v) is 4.54. The van der Waals surface area contributed by atoms with E-state index in [0.29, 0.717) is 26.6 Å². The van der Waals surface area contributed by atoms with Crippen LogP contribution < -0.4 is 0 Å². The number of rotatable bonds is 5. The lowest BCUT2D eigenvalue weighted by atomic mass is 10.2. The summed E-state index contributed by atoms with van der Waals surface area (Å²) in [4.78, 5) is 4.21. The topological polar surface area (TPSA) is 43.6 Å². The Morgan fingerprint density at radius 1 is 0.966 bits per heavy atom. The minimum atomic E-state index is 0.611. The van der Waals surface area contributed by atoms with Gasteiger partial charge in [0.15, 0.2) is 11.0 Å². The summed E-state index contributed by atoms with van der Waals surface area (Å²) in [7, 11) is 0. The second-order valence-electron chi connectivity index (χ2n) is 6.34. The van der Waals surface area contributed by atoms with Gasteiger partial charge >= 0.3 is 0 Å². The first-order valence-electron chi connectivity index (χ1n) is 8.72. The van der Waals surface area contributed by atoms with Crippen LogP contribution in [0.2, 0.25) is 15.1 Å². The summed E-state index contributed by atoms with van der Waals surface area (Å²) in [5.41, 5.74) is 3.83. The molecule has 0 spiro atoms. The van der Waals surface area contributed by atoms with E-state index in [9.17, 15) is 0 Å². The van der Waals surface area contributed by atoms with Gasteiger partial charge in [-0.05, 0) is 54.4 Å². The molecule has 4 rings (SSSR count). The number of hydrogen-bond donors (Lipinski definition) is 0. The lowest BCUT2D eigenvalue weighted by Crippen LogP contribution is -2.02. The van der Waals surface area contributed by atoms with Gasteiger partial charge in [-0.1, -0.05) is 58.7 Å². The molecule has 29 heavy (non-hydrogen) atoms. The number of thioether (sulfide) groups is 1. The van der Waals surface area contributed by atoms with Crippen molar-refractivity contribution in [3.8, 4) is 17.1 Å². The number of benzene rings is 2. The van der Waals surface area contributed by atoms with Crippen molar-refractivity contribution in [3.05, 3.63) is 87.1 Å². The number of aromatic nitrogens is 4. The fraction of sp³-hybridized carbons (Fsp3) is 0.0952. The first-order chi connectivity index (χ1) is 14.0. The SMILES string of the molecule is Cc1ccc(Cl)cc1-n1c(SCc2ccc(Cl)cc2Cl)nnc1-c1cccnc1. The summed E-state index contributed by atoms with van der Waals surface area (Å²) >= 11 is 20.2. The van der Waals surface area contributed by atoms with Crippen molar-refractivity contribution >= 4 is 46.6 Å². The number of halogens is 3. The maximum Gasteiger partial charge on any atom is 0.196 e. The molecule has 0 saturated carbocycles. The molecule has 8 heteroatoms. The molecule has 0 amide bonds. The Kier molecular flexibility index (Phi) is 6.11. The predicted molar refractivity (Wildman–Crippen MR) is 120 cm³/mol. The molecule has 0 N–H and O–H groups in total. The molecule has 0 saturated heterocycles. The Morgan fingerprint density at radius 2 is 1.76 bits per heavy atom. The molecule has 0 bridgehead atoms. The molecular weight excluding hydrogens is 447 g/mol. The highest BCUT2D eigenvalue weighted by Gasteiger charge is 2.18. The van der Waals surface area contributed by atoms with Gasteiger partial charge in [0, 0.05) is 38.8 Å². The molecule has 146 valence electrons. The highest BCUT2D eigenvalue weighted by Crippen LogP contribution is 2.33. The Morgan fingerprint density at radius 3 is 2.52 bits per heavy atom. The molecule has 2 aromatic carbocycles. The van der Waals surface area contributed by atoms with Crippen LogP contribution in [0.4, 0.5) is 0 Å². The van der Waals surface area contributed by atoms with E-state index in [-0.39, 0.29) is 0 Å².